The Morgan fingerprint density at radius 1 is 1.15 bits per heavy atom. The zero-order chi connectivity index (χ0) is 15.1. The number of benzene rings is 2. The first-order valence-electron chi connectivity index (χ1n) is 5.31. The summed E-state index contributed by atoms with van der Waals surface area (Å²) >= 11 is 3.27. The minimum absolute atomic E-state index is 0.322. The lowest BCUT2D eigenvalue weighted by Crippen LogP contribution is -2.28. The van der Waals surface area contributed by atoms with Crippen LogP contribution in [0.2, 0.25) is 0 Å². The maximum absolute atomic E-state index is 12.3. The van der Waals surface area contributed by atoms with Crippen molar-refractivity contribution >= 4 is 36.8 Å². The van der Waals surface area contributed by atoms with Crippen LogP contribution in [0.1, 0.15) is 5.56 Å². The quantitative estimate of drug-likeness (QED) is 0.590. The van der Waals surface area contributed by atoms with Crippen LogP contribution in [-0.2, 0) is 10.1 Å². The Morgan fingerprint density at radius 3 is 2.40 bits per heavy atom. The Kier molecular flexibility index (Phi) is 3.72. The molecule has 0 amide bonds. The molecule has 2 aromatic carbocycles. The molecule has 8 heteroatoms. The number of hydrogen-bond donors (Lipinski definition) is 0. The lowest BCUT2D eigenvalue weighted by molar-refractivity contribution is -0.0500. The summed E-state index contributed by atoms with van der Waals surface area (Å²) in [5.74, 6) is -0.336. The summed E-state index contributed by atoms with van der Waals surface area (Å²) in [5.41, 5.74) is -5.13. The van der Waals surface area contributed by atoms with Crippen LogP contribution in [0.25, 0.3) is 10.8 Å². The summed E-state index contributed by atoms with van der Waals surface area (Å²) in [6, 6.07) is 7.84. The SMILES string of the molecule is Cc1c(OS(=O)(=O)C(F)(F)F)ccc2cc(Br)ccc12. The van der Waals surface area contributed by atoms with E-state index in [1.165, 1.54) is 19.1 Å². The van der Waals surface area contributed by atoms with Gasteiger partial charge in [-0.2, -0.15) is 21.6 Å². The van der Waals surface area contributed by atoms with Crippen LogP contribution in [0.15, 0.2) is 34.8 Å². The molecule has 2 rings (SSSR count). The molecule has 0 N–H and O–H groups in total. The number of hydrogen-bond acceptors (Lipinski definition) is 3. The van der Waals surface area contributed by atoms with Crippen molar-refractivity contribution < 1.29 is 25.8 Å². The van der Waals surface area contributed by atoms with E-state index < -0.39 is 15.6 Å². The molecule has 108 valence electrons. The molecule has 0 aliphatic heterocycles. The molecule has 0 bridgehead atoms. The maximum Gasteiger partial charge on any atom is 0.534 e. The Bertz CT molecular complexity index is 769. The molecule has 2 aromatic rings. The lowest BCUT2D eigenvalue weighted by atomic mass is 10.1. The molecule has 0 spiro atoms. The normalized spacial score (nSPS) is 12.7. The first-order chi connectivity index (χ1) is 9.12. The monoisotopic (exact) mass is 368 g/mol. The van der Waals surface area contributed by atoms with Gasteiger partial charge in [0.15, 0.2) is 0 Å². The molecular formula is C12H8BrF3O3S. The number of halogens is 4. The number of alkyl halides is 3. The number of rotatable bonds is 2. The maximum atomic E-state index is 12.3. The van der Waals surface area contributed by atoms with Gasteiger partial charge in [-0.1, -0.05) is 28.1 Å². The summed E-state index contributed by atoms with van der Waals surface area (Å²) in [6.07, 6.45) is 0. The molecular weight excluding hydrogens is 361 g/mol. The van der Waals surface area contributed by atoms with E-state index in [1.54, 1.807) is 18.2 Å². The largest absolute Gasteiger partial charge is 0.534 e. The molecule has 0 radical (unpaired) electrons. The molecule has 3 nitrogen and oxygen atoms in total. The van der Waals surface area contributed by atoms with Crippen LogP contribution in [0, 0.1) is 6.92 Å². The van der Waals surface area contributed by atoms with Crippen LogP contribution < -0.4 is 4.18 Å². The highest BCUT2D eigenvalue weighted by Gasteiger charge is 2.48. The first kappa shape index (κ1) is 15.1. The van der Waals surface area contributed by atoms with E-state index in [0.717, 1.165) is 9.86 Å². The second kappa shape index (κ2) is 4.92. The second-order valence-electron chi connectivity index (χ2n) is 4.04. The van der Waals surface area contributed by atoms with Crippen molar-refractivity contribution in [2.75, 3.05) is 0 Å². The fourth-order valence-electron chi connectivity index (χ4n) is 1.69. The van der Waals surface area contributed by atoms with E-state index in [4.69, 9.17) is 0 Å². The molecule has 0 fully saturated rings. The van der Waals surface area contributed by atoms with Crippen LogP contribution >= 0.6 is 15.9 Å². The smallest absolute Gasteiger partial charge is 0.376 e. The zero-order valence-electron chi connectivity index (χ0n) is 10.0. The van der Waals surface area contributed by atoms with Crippen molar-refractivity contribution in [1.82, 2.24) is 0 Å². The molecule has 0 saturated heterocycles. The van der Waals surface area contributed by atoms with Gasteiger partial charge in [-0.15, -0.1) is 0 Å². The number of aryl methyl sites for hydroxylation is 1. The average Bonchev–Trinajstić information content (AvgIpc) is 2.31. The predicted molar refractivity (Wildman–Crippen MR) is 72.0 cm³/mol. The van der Waals surface area contributed by atoms with Crippen LogP contribution in [-0.4, -0.2) is 13.9 Å². The molecule has 0 aliphatic rings. The minimum Gasteiger partial charge on any atom is -0.376 e. The molecule has 0 heterocycles. The van der Waals surface area contributed by atoms with Crippen molar-refractivity contribution in [3.63, 3.8) is 0 Å². The fraction of sp³-hybridized carbons (Fsp3) is 0.167. The van der Waals surface area contributed by atoms with Gasteiger partial charge in [-0.3, -0.25) is 0 Å². The Labute approximate surface area is 121 Å². The minimum atomic E-state index is -5.66. The lowest BCUT2D eigenvalue weighted by Gasteiger charge is -2.13. The third kappa shape index (κ3) is 2.76. The fourth-order valence-corrected chi connectivity index (χ4v) is 2.58. The van der Waals surface area contributed by atoms with Crippen LogP contribution in [0.5, 0.6) is 5.75 Å². The number of fused-ring (bicyclic) bond motifs is 1. The van der Waals surface area contributed by atoms with Crippen molar-refractivity contribution in [3.8, 4) is 5.75 Å². The summed E-state index contributed by atoms with van der Waals surface area (Å²) in [5, 5.41) is 1.37. The van der Waals surface area contributed by atoms with Gasteiger partial charge in [-0.25, -0.2) is 0 Å². The van der Waals surface area contributed by atoms with Crippen molar-refractivity contribution in [2.24, 2.45) is 0 Å². The van der Waals surface area contributed by atoms with Gasteiger partial charge in [-0.05, 0) is 35.9 Å². The van der Waals surface area contributed by atoms with Crippen molar-refractivity contribution in [3.05, 3.63) is 40.4 Å². The second-order valence-corrected chi connectivity index (χ2v) is 6.49. The van der Waals surface area contributed by atoms with E-state index in [-0.39, 0.29) is 5.75 Å². The van der Waals surface area contributed by atoms with Gasteiger partial charge in [0.25, 0.3) is 0 Å². The Hall–Kier alpha value is -1.28. The zero-order valence-corrected chi connectivity index (χ0v) is 12.4. The molecule has 20 heavy (non-hydrogen) atoms. The highest BCUT2D eigenvalue weighted by Crippen LogP contribution is 2.33. The highest BCUT2D eigenvalue weighted by atomic mass is 79.9. The highest BCUT2D eigenvalue weighted by molar-refractivity contribution is 9.10. The Balaban J connectivity index is 2.53. The van der Waals surface area contributed by atoms with E-state index in [2.05, 4.69) is 20.1 Å². The van der Waals surface area contributed by atoms with Crippen molar-refractivity contribution in [1.29, 1.82) is 0 Å². The van der Waals surface area contributed by atoms with Gasteiger partial charge in [0, 0.05) is 10.0 Å². The third-order valence-electron chi connectivity index (χ3n) is 2.68. The van der Waals surface area contributed by atoms with Gasteiger partial charge in [0.1, 0.15) is 5.75 Å². The standard InChI is InChI=1S/C12H8BrF3O3S/c1-7-10-4-3-9(13)6-8(10)2-5-11(7)19-20(17,18)12(14,15)16/h2-6H,1H3. The molecule has 0 aliphatic carbocycles. The molecule has 0 saturated carbocycles. The summed E-state index contributed by atoms with van der Waals surface area (Å²) in [4.78, 5) is 0. The van der Waals surface area contributed by atoms with Gasteiger partial charge in [0.2, 0.25) is 0 Å². The van der Waals surface area contributed by atoms with Gasteiger partial charge >= 0.3 is 15.6 Å². The van der Waals surface area contributed by atoms with Gasteiger partial charge in [0.05, 0.1) is 0 Å². The van der Waals surface area contributed by atoms with Crippen molar-refractivity contribution in [2.45, 2.75) is 12.4 Å². The van der Waals surface area contributed by atoms with Gasteiger partial charge < -0.3 is 4.18 Å². The Morgan fingerprint density at radius 2 is 1.80 bits per heavy atom. The molecule has 0 atom stereocenters. The van der Waals surface area contributed by atoms with E-state index >= 15 is 0 Å². The summed E-state index contributed by atoms with van der Waals surface area (Å²) in [6.45, 7) is 1.50. The predicted octanol–water partition coefficient (Wildman–Crippen LogP) is 4.14. The third-order valence-corrected chi connectivity index (χ3v) is 4.14. The van der Waals surface area contributed by atoms with E-state index in [9.17, 15) is 21.6 Å². The summed E-state index contributed by atoms with van der Waals surface area (Å²) < 4.78 is 63.9. The van der Waals surface area contributed by atoms with E-state index in [1.807, 2.05) is 0 Å². The molecule has 0 aromatic heterocycles. The van der Waals surface area contributed by atoms with E-state index in [0.29, 0.717) is 10.9 Å². The molecule has 0 unspecified atom stereocenters. The van der Waals surface area contributed by atoms with Crippen LogP contribution in [0.3, 0.4) is 0 Å². The van der Waals surface area contributed by atoms with Crippen LogP contribution in [0.4, 0.5) is 13.2 Å². The summed E-state index contributed by atoms with van der Waals surface area (Å²) in [7, 11) is -5.66. The topological polar surface area (TPSA) is 43.4 Å². The first-order valence-corrected chi connectivity index (χ1v) is 7.51. The average molecular weight is 369 g/mol.